The van der Waals surface area contributed by atoms with Crippen molar-refractivity contribution in [1.29, 1.82) is 0 Å². The molecule has 2 N–H and O–H groups in total. The van der Waals surface area contributed by atoms with Gasteiger partial charge in [-0.3, -0.25) is 0 Å². The van der Waals surface area contributed by atoms with E-state index in [2.05, 4.69) is 11.9 Å². The second-order valence-corrected chi connectivity index (χ2v) is 3.47. The monoisotopic (exact) mass is 257 g/mol. The number of rotatable bonds is 7. The molecule has 0 spiro atoms. The molecule has 0 aromatic carbocycles. The maximum Gasteiger partial charge on any atom is 0.141 e. The fourth-order valence-corrected chi connectivity index (χ4v) is 1.09. The van der Waals surface area contributed by atoms with Gasteiger partial charge in [0.2, 0.25) is 0 Å². The van der Waals surface area contributed by atoms with E-state index < -0.39 is 5.83 Å². The molecule has 94 valence electrons. The van der Waals surface area contributed by atoms with Gasteiger partial charge in [-0.15, -0.1) is 0 Å². The van der Waals surface area contributed by atoms with Gasteiger partial charge < -0.3 is 10.4 Å². The van der Waals surface area contributed by atoms with E-state index in [4.69, 9.17) is 16.7 Å². The van der Waals surface area contributed by atoms with Crippen molar-refractivity contribution in [2.24, 2.45) is 0 Å². The molecule has 17 heavy (non-hydrogen) atoms. The molecule has 0 aliphatic carbocycles. The van der Waals surface area contributed by atoms with E-state index in [1.54, 1.807) is 12.3 Å². The maximum atomic E-state index is 12.8. The highest BCUT2D eigenvalue weighted by Crippen LogP contribution is 2.12. The third kappa shape index (κ3) is 7.55. The second kappa shape index (κ2) is 9.87. The van der Waals surface area contributed by atoms with Crippen molar-refractivity contribution in [2.45, 2.75) is 6.92 Å². The zero-order valence-electron chi connectivity index (χ0n) is 9.79. The fourth-order valence-electron chi connectivity index (χ4n) is 0.947. The van der Waals surface area contributed by atoms with Crippen LogP contribution in [0.4, 0.5) is 4.39 Å². The second-order valence-electron chi connectivity index (χ2n) is 3.06. The molecule has 0 saturated carbocycles. The largest absolute Gasteiger partial charge is 0.392 e. The smallest absolute Gasteiger partial charge is 0.141 e. The molecule has 0 atom stereocenters. The summed E-state index contributed by atoms with van der Waals surface area (Å²) in [6.45, 7) is 5.75. The molecule has 0 fully saturated rings. The van der Waals surface area contributed by atoms with Crippen LogP contribution >= 0.6 is 11.6 Å². The standard InChI is InChI=1S/C13H17ClFNO/c1-3-11(6-5-9-17)10-16-8-7-12(14)13(15)4-2/h3-8,16-17H,2,9-10H2,1H3/b6-5-,8-7+,11-3+,13-12-. The van der Waals surface area contributed by atoms with Crippen molar-refractivity contribution in [2.75, 3.05) is 13.2 Å². The third-order valence-corrected chi connectivity index (χ3v) is 2.18. The molecule has 0 amide bonds. The summed E-state index contributed by atoms with van der Waals surface area (Å²) in [6, 6.07) is 0. The lowest BCUT2D eigenvalue weighted by Gasteiger charge is -2.01. The fraction of sp³-hybridized carbons (Fsp3) is 0.231. The van der Waals surface area contributed by atoms with Crippen molar-refractivity contribution in [3.05, 3.63) is 59.6 Å². The van der Waals surface area contributed by atoms with Crippen LogP contribution in [0.2, 0.25) is 0 Å². The van der Waals surface area contributed by atoms with Crippen LogP contribution in [-0.2, 0) is 0 Å². The van der Waals surface area contributed by atoms with Gasteiger partial charge in [0.15, 0.2) is 0 Å². The van der Waals surface area contributed by atoms with E-state index in [9.17, 15) is 4.39 Å². The SMILES string of the molecule is C=C/C(F)=C(Cl)\C=C\NCC(/C=C\CO)=C/C. The molecule has 0 unspecified atom stereocenters. The van der Waals surface area contributed by atoms with Crippen LogP contribution < -0.4 is 5.32 Å². The van der Waals surface area contributed by atoms with Crippen molar-refractivity contribution in [1.82, 2.24) is 5.32 Å². The molecule has 0 aliphatic rings. The number of hydrogen-bond donors (Lipinski definition) is 2. The van der Waals surface area contributed by atoms with Gasteiger partial charge in [-0.25, -0.2) is 4.39 Å². The Bertz CT molecular complexity index is 356. The normalized spacial score (nSPS) is 14.2. The Kier molecular flexibility index (Phi) is 9.11. The van der Waals surface area contributed by atoms with Gasteiger partial charge in [-0.05, 0) is 30.8 Å². The molecule has 0 saturated heterocycles. The highest BCUT2D eigenvalue weighted by molar-refractivity contribution is 6.31. The Labute approximate surface area is 106 Å². The van der Waals surface area contributed by atoms with E-state index in [0.29, 0.717) is 6.54 Å². The molecule has 0 rings (SSSR count). The summed E-state index contributed by atoms with van der Waals surface area (Å²) in [7, 11) is 0. The molecule has 0 heterocycles. The Balaban J connectivity index is 4.19. The van der Waals surface area contributed by atoms with Gasteiger partial charge in [0.05, 0.1) is 11.6 Å². The van der Waals surface area contributed by atoms with E-state index >= 15 is 0 Å². The Morgan fingerprint density at radius 1 is 1.47 bits per heavy atom. The van der Waals surface area contributed by atoms with Crippen LogP contribution in [0.5, 0.6) is 0 Å². The quantitative estimate of drug-likeness (QED) is 0.687. The van der Waals surface area contributed by atoms with E-state index in [1.165, 1.54) is 6.08 Å². The molecule has 4 heteroatoms. The third-order valence-electron chi connectivity index (χ3n) is 1.87. The predicted molar refractivity (Wildman–Crippen MR) is 71.3 cm³/mol. The van der Waals surface area contributed by atoms with Crippen LogP contribution in [0.3, 0.4) is 0 Å². The summed E-state index contributed by atoms with van der Waals surface area (Å²) in [4.78, 5) is 0. The maximum absolute atomic E-state index is 12.8. The molecule has 0 aromatic rings. The number of halogens is 2. The van der Waals surface area contributed by atoms with Gasteiger partial charge in [0.1, 0.15) is 5.83 Å². The van der Waals surface area contributed by atoms with Gasteiger partial charge in [-0.2, -0.15) is 0 Å². The van der Waals surface area contributed by atoms with Crippen molar-refractivity contribution < 1.29 is 9.50 Å². The number of aliphatic hydroxyl groups excluding tert-OH is 1. The first-order chi connectivity index (χ1) is 8.15. The van der Waals surface area contributed by atoms with Crippen LogP contribution in [0.25, 0.3) is 0 Å². The topological polar surface area (TPSA) is 32.3 Å². The van der Waals surface area contributed by atoms with E-state index in [-0.39, 0.29) is 11.6 Å². The minimum atomic E-state index is -0.559. The summed E-state index contributed by atoms with van der Waals surface area (Å²) >= 11 is 5.61. The summed E-state index contributed by atoms with van der Waals surface area (Å²) in [6.07, 6.45) is 9.39. The summed E-state index contributed by atoms with van der Waals surface area (Å²) in [5.74, 6) is -0.559. The minimum absolute atomic E-state index is 0.000397. The first-order valence-electron chi connectivity index (χ1n) is 5.16. The molecule has 2 nitrogen and oxygen atoms in total. The highest BCUT2D eigenvalue weighted by atomic mass is 35.5. The van der Waals surface area contributed by atoms with E-state index in [1.807, 2.05) is 19.1 Å². The van der Waals surface area contributed by atoms with Crippen LogP contribution in [0, 0.1) is 0 Å². The zero-order valence-corrected chi connectivity index (χ0v) is 10.5. The average molecular weight is 258 g/mol. The first kappa shape index (κ1) is 15.7. The highest BCUT2D eigenvalue weighted by Gasteiger charge is 1.94. The van der Waals surface area contributed by atoms with Crippen molar-refractivity contribution in [3.63, 3.8) is 0 Å². The van der Waals surface area contributed by atoms with Gasteiger partial charge in [0, 0.05) is 6.54 Å². The first-order valence-corrected chi connectivity index (χ1v) is 5.53. The van der Waals surface area contributed by atoms with Crippen LogP contribution in [0.15, 0.2) is 59.6 Å². The molecule has 0 aromatic heterocycles. The van der Waals surface area contributed by atoms with Gasteiger partial charge in [-0.1, -0.05) is 36.4 Å². The lowest BCUT2D eigenvalue weighted by atomic mass is 10.2. The lowest BCUT2D eigenvalue weighted by molar-refractivity contribution is 0.342. The Morgan fingerprint density at radius 2 is 2.18 bits per heavy atom. The lowest BCUT2D eigenvalue weighted by Crippen LogP contribution is -2.08. The van der Waals surface area contributed by atoms with Gasteiger partial charge in [0.25, 0.3) is 0 Å². The average Bonchev–Trinajstić information content (AvgIpc) is 2.36. The number of allylic oxidation sites excluding steroid dienone is 5. The zero-order chi connectivity index (χ0) is 13.1. The summed E-state index contributed by atoms with van der Waals surface area (Å²) in [5.41, 5.74) is 1.01. The van der Waals surface area contributed by atoms with E-state index in [0.717, 1.165) is 11.6 Å². The molecule has 0 radical (unpaired) electrons. The van der Waals surface area contributed by atoms with Crippen LogP contribution in [-0.4, -0.2) is 18.3 Å². The number of nitrogens with one attached hydrogen (secondary N) is 1. The van der Waals surface area contributed by atoms with Crippen LogP contribution in [0.1, 0.15) is 6.92 Å². The Morgan fingerprint density at radius 3 is 2.71 bits per heavy atom. The van der Waals surface area contributed by atoms with Gasteiger partial charge >= 0.3 is 0 Å². The predicted octanol–water partition coefficient (Wildman–Crippen LogP) is 3.19. The molecule has 0 aliphatic heterocycles. The van der Waals surface area contributed by atoms with Crippen molar-refractivity contribution >= 4 is 11.6 Å². The summed E-state index contributed by atoms with van der Waals surface area (Å²) < 4.78 is 12.8. The minimum Gasteiger partial charge on any atom is -0.392 e. The Hall–Kier alpha value is -1.32. The number of hydrogen-bond acceptors (Lipinski definition) is 2. The van der Waals surface area contributed by atoms with Crippen molar-refractivity contribution in [3.8, 4) is 0 Å². The molecular weight excluding hydrogens is 241 g/mol. The molecular formula is C13H17ClFNO. The summed E-state index contributed by atoms with van der Waals surface area (Å²) in [5, 5.41) is 11.6. The molecule has 0 bridgehead atoms. The number of aliphatic hydroxyl groups is 1.